The lowest BCUT2D eigenvalue weighted by atomic mass is 9.91. The number of fused-ring (bicyclic) bond motifs is 1. The van der Waals surface area contributed by atoms with Crippen LogP contribution in [-0.4, -0.2) is 21.4 Å². The number of carbonyl (C=O) groups excluding carboxylic acids is 1. The summed E-state index contributed by atoms with van der Waals surface area (Å²) in [5.41, 5.74) is 1.30. The summed E-state index contributed by atoms with van der Waals surface area (Å²) < 4.78 is 31.4. The third-order valence-electron chi connectivity index (χ3n) is 4.69. The first-order chi connectivity index (χ1) is 13.4. The fourth-order valence-corrected chi connectivity index (χ4v) is 6.28. The molecule has 1 amide bonds. The quantitative estimate of drug-likeness (QED) is 0.646. The molecule has 0 saturated carbocycles. The Morgan fingerprint density at radius 2 is 1.79 bits per heavy atom. The molecule has 28 heavy (non-hydrogen) atoms. The first-order valence-electron chi connectivity index (χ1n) is 8.46. The van der Waals surface area contributed by atoms with Crippen molar-refractivity contribution in [2.45, 2.75) is 22.1 Å². The largest absolute Gasteiger partial charge is 0.497 e. The lowest BCUT2D eigenvalue weighted by molar-refractivity contribution is -0.116. The van der Waals surface area contributed by atoms with Gasteiger partial charge in [-0.2, -0.15) is 0 Å². The lowest BCUT2D eigenvalue weighted by Gasteiger charge is -2.23. The van der Waals surface area contributed by atoms with Crippen molar-refractivity contribution in [2.75, 3.05) is 12.4 Å². The lowest BCUT2D eigenvalue weighted by Crippen LogP contribution is -2.23. The average Bonchev–Trinajstić information content (AvgIpc) is 3.12. The van der Waals surface area contributed by atoms with E-state index in [0.29, 0.717) is 16.5 Å². The highest BCUT2D eigenvalue weighted by molar-refractivity contribution is 7.91. The highest BCUT2D eigenvalue weighted by Crippen LogP contribution is 2.46. The van der Waals surface area contributed by atoms with E-state index in [1.165, 1.54) is 30.6 Å². The molecule has 1 aliphatic heterocycles. The Balaban J connectivity index is 1.79. The van der Waals surface area contributed by atoms with E-state index in [1.54, 1.807) is 29.6 Å². The molecule has 0 aliphatic carbocycles. The van der Waals surface area contributed by atoms with Gasteiger partial charge in [0.25, 0.3) is 0 Å². The van der Waals surface area contributed by atoms with Crippen molar-refractivity contribution >= 4 is 44.4 Å². The molecule has 1 aliphatic rings. The van der Waals surface area contributed by atoms with E-state index in [1.807, 2.05) is 12.1 Å². The van der Waals surface area contributed by atoms with Crippen molar-refractivity contribution in [3.63, 3.8) is 0 Å². The van der Waals surface area contributed by atoms with Gasteiger partial charge >= 0.3 is 0 Å². The van der Waals surface area contributed by atoms with E-state index in [-0.39, 0.29) is 28.0 Å². The predicted octanol–water partition coefficient (Wildman–Crippen LogP) is 4.72. The SMILES string of the molecule is COc1ccc(S(=O)(=O)c2csc3c2NC(=O)CC3c2ccc(Cl)cc2)cc1. The van der Waals surface area contributed by atoms with Crippen LogP contribution in [0.15, 0.2) is 63.7 Å². The van der Waals surface area contributed by atoms with Gasteiger partial charge < -0.3 is 10.1 Å². The van der Waals surface area contributed by atoms with Gasteiger partial charge in [-0.3, -0.25) is 4.79 Å². The average molecular weight is 434 g/mol. The van der Waals surface area contributed by atoms with Crippen LogP contribution in [0.1, 0.15) is 22.8 Å². The topological polar surface area (TPSA) is 72.5 Å². The molecular formula is C20H16ClNO4S2. The number of amides is 1. The summed E-state index contributed by atoms with van der Waals surface area (Å²) in [5, 5.41) is 4.97. The fourth-order valence-electron chi connectivity index (χ4n) is 3.25. The molecule has 1 unspecified atom stereocenters. The maximum atomic E-state index is 13.2. The van der Waals surface area contributed by atoms with Crippen LogP contribution in [0, 0.1) is 0 Å². The van der Waals surface area contributed by atoms with E-state index in [0.717, 1.165) is 10.4 Å². The van der Waals surface area contributed by atoms with Gasteiger partial charge in [-0.05, 0) is 42.0 Å². The van der Waals surface area contributed by atoms with Crippen LogP contribution in [0.5, 0.6) is 5.75 Å². The molecule has 0 radical (unpaired) electrons. The predicted molar refractivity (Wildman–Crippen MR) is 109 cm³/mol. The Hall–Kier alpha value is -2.35. The number of sulfone groups is 1. The maximum absolute atomic E-state index is 13.2. The molecule has 0 saturated heterocycles. The smallest absolute Gasteiger partial charge is 0.225 e. The summed E-state index contributed by atoms with van der Waals surface area (Å²) in [6, 6.07) is 13.5. The Bertz CT molecular complexity index is 1140. The van der Waals surface area contributed by atoms with Gasteiger partial charge in [-0.15, -0.1) is 11.3 Å². The second-order valence-electron chi connectivity index (χ2n) is 6.37. The highest BCUT2D eigenvalue weighted by atomic mass is 35.5. The molecule has 0 fully saturated rings. The molecule has 5 nitrogen and oxygen atoms in total. The number of carbonyl (C=O) groups is 1. The number of hydrogen-bond acceptors (Lipinski definition) is 5. The monoisotopic (exact) mass is 433 g/mol. The first kappa shape index (κ1) is 19.0. The van der Waals surface area contributed by atoms with Gasteiger partial charge in [0.2, 0.25) is 15.7 Å². The van der Waals surface area contributed by atoms with Gasteiger partial charge in [0.15, 0.2) is 0 Å². The number of benzene rings is 2. The third kappa shape index (κ3) is 3.30. The minimum atomic E-state index is -3.78. The van der Waals surface area contributed by atoms with E-state index < -0.39 is 9.84 Å². The van der Waals surface area contributed by atoms with Gasteiger partial charge in [-0.1, -0.05) is 23.7 Å². The zero-order valence-corrected chi connectivity index (χ0v) is 17.2. The molecule has 0 spiro atoms. The Kier molecular flexibility index (Phi) is 4.91. The van der Waals surface area contributed by atoms with E-state index in [4.69, 9.17) is 16.3 Å². The summed E-state index contributed by atoms with van der Waals surface area (Å²) in [5.74, 6) is 0.158. The van der Waals surface area contributed by atoms with Crippen LogP contribution < -0.4 is 10.1 Å². The van der Waals surface area contributed by atoms with E-state index >= 15 is 0 Å². The summed E-state index contributed by atoms with van der Waals surface area (Å²) >= 11 is 7.31. The van der Waals surface area contributed by atoms with Gasteiger partial charge in [-0.25, -0.2) is 8.42 Å². The third-order valence-corrected chi connectivity index (χ3v) is 7.98. The van der Waals surface area contributed by atoms with Crippen LogP contribution in [-0.2, 0) is 14.6 Å². The molecule has 4 rings (SSSR count). The van der Waals surface area contributed by atoms with E-state index in [2.05, 4.69) is 5.32 Å². The van der Waals surface area contributed by atoms with Crippen LogP contribution in [0.3, 0.4) is 0 Å². The van der Waals surface area contributed by atoms with Crippen molar-refractivity contribution < 1.29 is 17.9 Å². The number of rotatable bonds is 4. The maximum Gasteiger partial charge on any atom is 0.225 e. The van der Waals surface area contributed by atoms with Crippen LogP contribution in [0.2, 0.25) is 5.02 Å². The summed E-state index contributed by atoms with van der Waals surface area (Å²) in [7, 11) is -2.26. The molecule has 1 aromatic heterocycles. The molecule has 8 heteroatoms. The summed E-state index contributed by atoms with van der Waals surface area (Å²) in [6.45, 7) is 0. The first-order valence-corrected chi connectivity index (χ1v) is 11.2. The molecule has 0 bridgehead atoms. The van der Waals surface area contributed by atoms with Gasteiger partial charge in [0.05, 0.1) is 17.7 Å². The van der Waals surface area contributed by atoms with Crippen molar-refractivity contribution in [1.82, 2.24) is 0 Å². The summed E-state index contributed by atoms with van der Waals surface area (Å²) in [6.07, 6.45) is 0.261. The molecule has 3 aromatic rings. The number of hydrogen-bond donors (Lipinski definition) is 1. The second kappa shape index (κ2) is 7.24. The highest BCUT2D eigenvalue weighted by Gasteiger charge is 2.34. The number of methoxy groups -OCH3 is 1. The van der Waals surface area contributed by atoms with E-state index in [9.17, 15) is 13.2 Å². The van der Waals surface area contributed by atoms with Crippen molar-refractivity contribution in [3.8, 4) is 5.75 Å². The minimum absolute atomic E-state index is 0.115. The number of nitrogens with one attached hydrogen (secondary N) is 1. The number of thiophene rings is 1. The number of anilines is 1. The van der Waals surface area contributed by atoms with Crippen molar-refractivity contribution in [2.24, 2.45) is 0 Å². The van der Waals surface area contributed by atoms with Crippen molar-refractivity contribution in [3.05, 3.63) is 69.4 Å². The Morgan fingerprint density at radius 3 is 2.43 bits per heavy atom. The minimum Gasteiger partial charge on any atom is -0.497 e. The Morgan fingerprint density at radius 1 is 1.11 bits per heavy atom. The van der Waals surface area contributed by atoms with Crippen LogP contribution >= 0.6 is 22.9 Å². The zero-order valence-electron chi connectivity index (χ0n) is 14.8. The van der Waals surface area contributed by atoms with Gasteiger partial charge in [0.1, 0.15) is 10.6 Å². The molecule has 1 N–H and O–H groups in total. The van der Waals surface area contributed by atoms with Crippen LogP contribution in [0.25, 0.3) is 0 Å². The number of halogens is 1. The van der Waals surface area contributed by atoms with Crippen LogP contribution in [0.4, 0.5) is 5.69 Å². The molecule has 2 aromatic carbocycles. The van der Waals surface area contributed by atoms with Crippen molar-refractivity contribution in [1.29, 1.82) is 0 Å². The molecule has 2 heterocycles. The normalized spacial score (nSPS) is 16.4. The molecule has 1 atom stereocenters. The van der Waals surface area contributed by atoms with Gasteiger partial charge in [0, 0.05) is 27.6 Å². The summed E-state index contributed by atoms with van der Waals surface area (Å²) in [4.78, 5) is 13.4. The Labute approximate surface area is 171 Å². The fraction of sp³-hybridized carbons (Fsp3) is 0.150. The zero-order chi connectivity index (χ0) is 19.9. The standard InChI is InChI=1S/C20H16ClNO4S2/c1-26-14-6-8-15(9-7-14)28(24,25)17-11-27-20-16(10-18(23)22-19(17)20)12-2-4-13(21)5-3-12/h2-9,11,16H,10H2,1H3,(H,22,23). The molecule has 144 valence electrons. The molecular weight excluding hydrogens is 418 g/mol. The number of ether oxygens (including phenoxy) is 1. The second-order valence-corrected chi connectivity index (χ2v) is 9.64.